The Labute approximate surface area is 250 Å². The number of aromatic hydroxyl groups is 1. The molecule has 2 aliphatic rings. The normalized spacial score (nSPS) is 14.0. The quantitative estimate of drug-likeness (QED) is 0.289. The number of nitrogens with two attached hydrogens (primary N) is 1. The van der Waals surface area contributed by atoms with Crippen molar-refractivity contribution in [3.63, 3.8) is 0 Å². The minimum atomic E-state index is -0.678. The second kappa shape index (κ2) is 16.1. The van der Waals surface area contributed by atoms with Crippen molar-refractivity contribution in [1.29, 1.82) is 0 Å². The average Bonchev–Trinajstić information content (AvgIpc) is 3.77. The van der Waals surface area contributed by atoms with Gasteiger partial charge in [0, 0.05) is 25.2 Å². The number of carbonyl (C=O) groups excluding carboxylic acids is 2. The number of nitrogens with zero attached hydrogens (tertiary/aromatic N) is 1. The van der Waals surface area contributed by atoms with Crippen molar-refractivity contribution in [2.75, 3.05) is 33.9 Å². The van der Waals surface area contributed by atoms with Crippen LogP contribution >= 0.6 is 23.2 Å². The summed E-state index contributed by atoms with van der Waals surface area (Å²) < 4.78 is 15.1. The highest BCUT2D eigenvalue weighted by Crippen LogP contribution is 2.33. The first kappa shape index (κ1) is 33.7. The van der Waals surface area contributed by atoms with E-state index in [0.717, 1.165) is 12.8 Å². The number of fused-ring (bicyclic) bond motifs is 1. The number of aliphatic hydroxyl groups is 1. The van der Waals surface area contributed by atoms with Crippen LogP contribution in [0.2, 0.25) is 10.0 Å². The number of aliphatic hydroxyl groups excluding tert-OH is 1. The van der Waals surface area contributed by atoms with Crippen molar-refractivity contribution in [3.05, 3.63) is 81.8 Å². The van der Waals surface area contributed by atoms with E-state index in [1.165, 1.54) is 11.0 Å². The summed E-state index contributed by atoms with van der Waals surface area (Å²) in [6.45, 7) is 0.892. The van der Waals surface area contributed by atoms with E-state index in [1.54, 1.807) is 68.8 Å². The molecule has 9 nitrogen and oxygen atoms in total. The maximum absolute atomic E-state index is 11.9. The topological polar surface area (TPSA) is 132 Å². The van der Waals surface area contributed by atoms with E-state index < -0.39 is 6.10 Å². The Morgan fingerprint density at radius 2 is 1.46 bits per heavy atom. The molecule has 1 saturated carbocycles. The lowest BCUT2D eigenvalue weighted by Crippen LogP contribution is -2.31. The van der Waals surface area contributed by atoms with Crippen LogP contribution in [0.1, 0.15) is 41.0 Å². The largest absolute Gasteiger partial charge is 0.506 e. The van der Waals surface area contributed by atoms with Crippen molar-refractivity contribution in [2.45, 2.75) is 26.4 Å². The van der Waals surface area contributed by atoms with E-state index in [4.69, 9.17) is 48.3 Å². The third-order valence-electron chi connectivity index (χ3n) is 6.01. The van der Waals surface area contributed by atoms with Gasteiger partial charge in [-0.05, 0) is 55.2 Å². The number of hydrogen-bond donors (Lipinski definition) is 3. The predicted octanol–water partition coefficient (Wildman–Crippen LogP) is 5.43. The summed E-state index contributed by atoms with van der Waals surface area (Å²) in [4.78, 5) is 25.1. The first-order valence-corrected chi connectivity index (χ1v) is 13.3. The van der Waals surface area contributed by atoms with E-state index >= 15 is 0 Å². The Morgan fingerprint density at radius 1 is 0.927 bits per heavy atom. The highest BCUT2D eigenvalue weighted by atomic mass is 35.5. The zero-order chi connectivity index (χ0) is 29.2. The van der Waals surface area contributed by atoms with E-state index in [0.29, 0.717) is 50.9 Å². The van der Waals surface area contributed by atoms with Gasteiger partial charge in [-0.25, -0.2) is 0 Å². The van der Waals surface area contributed by atoms with Crippen molar-refractivity contribution in [1.82, 2.24) is 4.90 Å². The lowest BCUT2D eigenvalue weighted by molar-refractivity contribution is 0.0647. The number of ether oxygens (including phenoxy) is 3. The summed E-state index contributed by atoms with van der Waals surface area (Å²) in [7, 11) is 3.10. The molecule has 2 amide bonds. The smallest absolute Gasteiger partial charge is 0.261 e. The molecule has 0 bridgehead atoms. The molecule has 41 heavy (non-hydrogen) atoms. The van der Waals surface area contributed by atoms with Gasteiger partial charge in [-0.2, -0.15) is 0 Å². The number of amides is 2. The molecule has 0 saturated heterocycles. The maximum atomic E-state index is 11.9. The van der Waals surface area contributed by atoms with Gasteiger partial charge in [-0.3, -0.25) is 14.5 Å². The maximum Gasteiger partial charge on any atom is 0.261 e. The molecule has 3 aromatic carbocycles. The fourth-order valence-corrected chi connectivity index (χ4v) is 3.95. The lowest BCUT2D eigenvalue weighted by atomic mass is 10.1. The van der Waals surface area contributed by atoms with E-state index in [9.17, 15) is 14.7 Å². The Hall–Kier alpha value is -3.50. The van der Waals surface area contributed by atoms with Gasteiger partial charge in [0.05, 0.1) is 35.4 Å². The zero-order valence-corrected chi connectivity index (χ0v) is 23.7. The molecule has 11 heteroatoms. The zero-order valence-electron chi connectivity index (χ0n) is 22.2. The number of hydrogen-bond acceptors (Lipinski definition) is 8. The molecule has 1 fully saturated rings. The molecule has 1 atom stereocenters. The van der Waals surface area contributed by atoms with Gasteiger partial charge >= 0.3 is 0 Å². The Morgan fingerprint density at radius 3 is 1.93 bits per heavy atom. The van der Waals surface area contributed by atoms with Crippen molar-refractivity contribution < 1.29 is 34.0 Å². The summed E-state index contributed by atoms with van der Waals surface area (Å²) in [5.41, 5.74) is 6.35. The monoisotopic (exact) mass is 606 g/mol. The number of methoxy groups -OCH3 is 2. The molecule has 222 valence electrons. The fraction of sp³-hybridized carbons (Fsp3) is 0.333. The summed E-state index contributed by atoms with van der Waals surface area (Å²) >= 11 is 11.5. The molecule has 0 spiro atoms. The molecule has 0 aromatic heterocycles. The van der Waals surface area contributed by atoms with Gasteiger partial charge < -0.3 is 30.2 Å². The third-order valence-corrected chi connectivity index (χ3v) is 6.61. The molecule has 1 heterocycles. The van der Waals surface area contributed by atoms with Crippen molar-refractivity contribution in [3.8, 4) is 23.0 Å². The summed E-state index contributed by atoms with van der Waals surface area (Å²) in [5.74, 6) is 2.18. The van der Waals surface area contributed by atoms with Crippen molar-refractivity contribution >= 4 is 35.0 Å². The van der Waals surface area contributed by atoms with E-state index in [2.05, 4.69) is 0 Å². The van der Waals surface area contributed by atoms with Crippen LogP contribution in [0.3, 0.4) is 0 Å². The first-order valence-electron chi connectivity index (χ1n) is 12.5. The number of imide groups is 1. The predicted molar refractivity (Wildman–Crippen MR) is 159 cm³/mol. The van der Waals surface area contributed by atoms with Crippen LogP contribution in [0.5, 0.6) is 23.0 Å². The minimum absolute atomic E-state index is 0. The van der Waals surface area contributed by atoms with Gasteiger partial charge in [0.2, 0.25) is 0 Å². The lowest BCUT2D eigenvalue weighted by Gasteiger charge is -2.12. The number of carbonyl (C=O) groups is 2. The first-order chi connectivity index (χ1) is 19.2. The summed E-state index contributed by atoms with van der Waals surface area (Å²) in [6, 6.07) is 16.8. The standard InChI is InChI=1S/C12H11NO2.C10H14ClNO3.C7H7ClO2.CH4/c14-11-9-3-1-2-4-10(9)12(15)13(11)7-8-5-6-8;1-14-8-2-3-10(9(11)4-8)15-6-7(13)5-12;1-10-5-2-3-7(9)6(8)4-5;/h1-4,8H,5-7H2;2-4,7,13H,5-6,12H2,1H3;2-4,9H,1H3;1H4/t;7-;;/m.1../s1. The molecule has 1 aliphatic heterocycles. The van der Waals surface area contributed by atoms with Crippen LogP contribution in [0, 0.1) is 5.92 Å². The third kappa shape index (κ3) is 9.54. The second-order valence-electron chi connectivity index (χ2n) is 9.02. The molecule has 5 rings (SSSR count). The van der Waals surface area contributed by atoms with Crippen LogP contribution < -0.4 is 19.9 Å². The van der Waals surface area contributed by atoms with E-state index in [-0.39, 0.29) is 38.1 Å². The molecule has 0 radical (unpaired) electrons. The molecular formula is C30H36Cl2N2O7. The number of halogens is 2. The molecule has 3 aromatic rings. The minimum Gasteiger partial charge on any atom is -0.506 e. The van der Waals surface area contributed by atoms with Crippen LogP contribution in [0.15, 0.2) is 60.7 Å². The van der Waals surface area contributed by atoms with Crippen LogP contribution in [0.4, 0.5) is 0 Å². The summed E-state index contributed by atoms with van der Waals surface area (Å²) in [5, 5.41) is 18.9. The fourth-order valence-electron chi connectivity index (χ4n) is 3.56. The number of benzene rings is 3. The summed E-state index contributed by atoms with van der Waals surface area (Å²) in [6.07, 6.45) is 1.61. The van der Waals surface area contributed by atoms with Gasteiger partial charge in [0.25, 0.3) is 11.8 Å². The van der Waals surface area contributed by atoms with Crippen molar-refractivity contribution in [2.24, 2.45) is 11.7 Å². The number of rotatable bonds is 8. The van der Waals surface area contributed by atoms with Gasteiger partial charge in [0.1, 0.15) is 35.7 Å². The highest BCUT2D eigenvalue weighted by molar-refractivity contribution is 6.32. The second-order valence-corrected chi connectivity index (χ2v) is 9.84. The Balaban J connectivity index is 0.000000217. The van der Waals surface area contributed by atoms with Gasteiger partial charge in [-0.1, -0.05) is 42.8 Å². The molecule has 1 aliphatic carbocycles. The van der Waals surface area contributed by atoms with Crippen LogP contribution in [0.25, 0.3) is 0 Å². The SMILES string of the molecule is C.COc1ccc(O)c(Cl)c1.COc1ccc(OC[C@H](O)CN)c(Cl)c1.O=C1c2ccccc2C(=O)N1CC1CC1. The van der Waals surface area contributed by atoms with Gasteiger partial charge in [-0.15, -0.1) is 0 Å². The van der Waals surface area contributed by atoms with Crippen LogP contribution in [-0.2, 0) is 0 Å². The molecular weight excluding hydrogens is 571 g/mol. The van der Waals surface area contributed by atoms with Gasteiger partial charge in [0.15, 0.2) is 0 Å². The average molecular weight is 608 g/mol. The Kier molecular flexibility index (Phi) is 13.2. The van der Waals surface area contributed by atoms with Crippen LogP contribution in [-0.4, -0.2) is 66.9 Å². The molecule has 0 unspecified atom stereocenters. The van der Waals surface area contributed by atoms with E-state index in [1.807, 2.05) is 0 Å². The number of phenols is 1. The molecule has 4 N–H and O–H groups in total. The number of phenolic OH excluding ortho intramolecular Hbond substituents is 1. The Bertz CT molecular complexity index is 1280. The highest BCUT2D eigenvalue weighted by Gasteiger charge is 2.38.